The van der Waals surface area contributed by atoms with Gasteiger partial charge in [0, 0.05) is 41.7 Å². The molecule has 0 aromatic carbocycles. The standard InChI is InChI=1S/Ce.2Na.2H2O.2H/h;;;2*1H2;;/q;2*+1;;;2*-1. The molecule has 4 N–H and O–H groups in total. The molecule has 0 bridgehead atoms. The van der Waals surface area contributed by atoms with E-state index in [1.807, 2.05) is 0 Å². The van der Waals surface area contributed by atoms with Crippen LogP contribution < -0.4 is 59.1 Å². The van der Waals surface area contributed by atoms with Crippen molar-refractivity contribution >= 4 is 0 Å². The molecule has 0 spiro atoms. The van der Waals surface area contributed by atoms with Gasteiger partial charge in [-0.25, -0.2) is 0 Å². The molecule has 0 amide bonds. The first-order chi connectivity index (χ1) is 0. The average Bonchev–Trinajstić information content (AvgIpc) is 0. The van der Waals surface area contributed by atoms with E-state index in [2.05, 4.69) is 0 Å². The van der Waals surface area contributed by atoms with Crippen molar-refractivity contribution in [2.45, 2.75) is 0 Å². The first-order valence-electron chi connectivity index (χ1n) is 0. The Kier molecular flexibility index (Phi) is 216. The second-order valence-corrected chi connectivity index (χ2v) is 0. The van der Waals surface area contributed by atoms with Crippen molar-refractivity contribution in [3.8, 4) is 0 Å². The first-order valence-corrected chi connectivity index (χ1v) is 0. The molecule has 0 heterocycles. The van der Waals surface area contributed by atoms with Crippen molar-refractivity contribution in [2.24, 2.45) is 0 Å². The predicted molar refractivity (Wildman–Crippen MR) is 9.45 cm³/mol. The van der Waals surface area contributed by atoms with Gasteiger partial charge in [-0.1, -0.05) is 0 Å². The van der Waals surface area contributed by atoms with Crippen LogP contribution in [0.1, 0.15) is 2.85 Å². The topological polar surface area (TPSA) is 63.0 Å². The van der Waals surface area contributed by atoms with Gasteiger partial charge in [0.15, 0.2) is 0 Å². The molecular weight excluding hydrogens is 218 g/mol. The van der Waals surface area contributed by atoms with E-state index >= 15 is 0 Å². The van der Waals surface area contributed by atoms with E-state index in [4.69, 9.17) is 0 Å². The van der Waals surface area contributed by atoms with Crippen molar-refractivity contribution in [3.63, 3.8) is 0 Å². The zero-order valence-electron chi connectivity index (χ0n) is 5.50. The Labute approximate surface area is 112 Å². The molecule has 0 rings (SSSR count). The van der Waals surface area contributed by atoms with Gasteiger partial charge in [-0.15, -0.1) is 0 Å². The Morgan fingerprint density at radius 2 is 0.800 bits per heavy atom. The quantitative estimate of drug-likeness (QED) is 0.367. The number of hydrogen-bond acceptors (Lipinski definition) is 0. The molecule has 2 nitrogen and oxygen atoms in total. The Bertz CT molecular complexity index is 13.7. The summed E-state index contributed by atoms with van der Waals surface area (Å²) in [4.78, 5) is 0. The first kappa shape index (κ1) is 40.6. The molecule has 0 radical (unpaired) electrons. The fraction of sp³-hybridized carbons (Fsp3) is 0. The van der Waals surface area contributed by atoms with Crippen LogP contribution in [-0.2, 0) is 0 Å². The van der Waals surface area contributed by atoms with Gasteiger partial charge in [-0.3, -0.25) is 0 Å². The monoisotopic (exact) mass is 224 g/mol. The van der Waals surface area contributed by atoms with Crippen LogP contribution in [0.4, 0.5) is 0 Å². The second-order valence-electron chi connectivity index (χ2n) is 0. The Morgan fingerprint density at radius 1 is 0.800 bits per heavy atom. The van der Waals surface area contributed by atoms with E-state index in [9.17, 15) is 0 Å². The smallest absolute Gasteiger partial charge is 1.00 e. The molecule has 0 aromatic rings. The molecular formula is H6CeNa2O2. The SMILES string of the molecule is O.O.[Ce].[H-].[H-].[Na+].[Na+]. The van der Waals surface area contributed by atoms with Gasteiger partial charge in [0.25, 0.3) is 0 Å². The maximum absolute atomic E-state index is 0. The van der Waals surface area contributed by atoms with Crippen molar-refractivity contribution in [3.05, 3.63) is 0 Å². The minimum Gasteiger partial charge on any atom is -1.00 e. The molecule has 0 aliphatic rings. The molecule has 5 heavy (non-hydrogen) atoms. The summed E-state index contributed by atoms with van der Waals surface area (Å²) < 4.78 is 0. The van der Waals surface area contributed by atoms with E-state index < -0.39 is 0 Å². The van der Waals surface area contributed by atoms with Crippen LogP contribution in [0.2, 0.25) is 0 Å². The largest absolute Gasteiger partial charge is 1.00 e. The zero-order chi connectivity index (χ0) is 0. The Balaban J connectivity index is 0. The van der Waals surface area contributed by atoms with Gasteiger partial charge in [-0.05, 0) is 0 Å². The summed E-state index contributed by atoms with van der Waals surface area (Å²) in [7, 11) is 0. The third-order valence-corrected chi connectivity index (χ3v) is 0. The van der Waals surface area contributed by atoms with Gasteiger partial charge in [-0.2, -0.15) is 0 Å². The molecule has 0 aromatic heterocycles. The third-order valence-electron chi connectivity index (χ3n) is 0. The molecule has 0 atom stereocenters. The summed E-state index contributed by atoms with van der Waals surface area (Å²) in [5.41, 5.74) is 0. The van der Waals surface area contributed by atoms with E-state index in [1.165, 1.54) is 0 Å². The molecule has 0 fully saturated rings. The molecule has 24 valence electrons. The zero-order valence-corrected chi connectivity index (χ0v) is 10.6. The van der Waals surface area contributed by atoms with Crippen LogP contribution >= 0.6 is 0 Å². The summed E-state index contributed by atoms with van der Waals surface area (Å²) >= 11 is 0. The summed E-state index contributed by atoms with van der Waals surface area (Å²) in [6.45, 7) is 0. The van der Waals surface area contributed by atoms with Crippen molar-refractivity contribution in [1.29, 1.82) is 0 Å². The maximum Gasteiger partial charge on any atom is 1.00 e. The van der Waals surface area contributed by atoms with Crippen molar-refractivity contribution in [1.82, 2.24) is 0 Å². The van der Waals surface area contributed by atoms with Crippen LogP contribution in [0, 0.1) is 41.7 Å². The third kappa shape index (κ3) is 18.8. The van der Waals surface area contributed by atoms with E-state index in [-0.39, 0.29) is 115 Å². The Morgan fingerprint density at radius 3 is 0.800 bits per heavy atom. The normalized spacial score (nSPS) is 0. The van der Waals surface area contributed by atoms with E-state index in [0.717, 1.165) is 0 Å². The van der Waals surface area contributed by atoms with Crippen molar-refractivity contribution in [2.75, 3.05) is 0 Å². The molecule has 0 unspecified atom stereocenters. The number of hydrogen-bond donors (Lipinski definition) is 0. The van der Waals surface area contributed by atoms with Gasteiger partial charge in [0.1, 0.15) is 0 Å². The summed E-state index contributed by atoms with van der Waals surface area (Å²) in [6.07, 6.45) is 0. The van der Waals surface area contributed by atoms with E-state index in [1.54, 1.807) is 0 Å². The molecule has 0 saturated heterocycles. The summed E-state index contributed by atoms with van der Waals surface area (Å²) in [5, 5.41) is 0. The molecule has 0 aliphatic heterocycles. The van der Waals surface area contributed by atoms with Crippen molar-refractivity contribution < 1.29 is 115 Å². The van der Waals surface area contributed by atoms with Crippen LogP contribution in [0.5, 0.6) is 0 Å². The minimum atomic E-state index is 0. The van der Waals surface area contributed by atoms with Gasteiger partial charge < -0.3 is 13.8 Å². The minimum absolute atomic E-state index is 0. The van der Waals surface area contributed by atoms with Gasteiger partial charge >= 0.3 is 59.1 Å². The van der Waals surface area contributed by atoms with Gasteiger partial charge in [0.05, 0.1) is 0 Å². The summed E-state index contributed by atoms with van der Waals surface area (Å²) in [6, 6.07) is 0. The molecule has 5 heteroatoms. The number of rotatable bonds is 0. The molecule has 0 aliphatic carbocycles. The molecule has 0 saturated carbocycles. The van der Waals surface area contributed by atoms with Crippen LogP contribution in [-0.4, -0.2) is 11.0 Å². The van der Waals surface area contributed by atoms with E-state index in [0.29, 0.717) is 0 Å². The second kappa shape index (κ2) is 26.6. The van der Waals surface area contributed by atoms with Crippen LogP contribution in [0.15, 0.2) is 0 Å². The maximum atomic E-state index is 0. The van der Waals surface area contributed by atoms with Crippen LogP contribution in [0.25, 0.3) is 0 Å². The fourth-order valence-electron chi connectivity index (χ4n) is 0. The Hall–Kier alpha value is 3.30. The summed E-state index contributed by atoms with van der Waals surface area (Å²) in [5.74, 6) is 0. The van der Waals surface area contributed by atoms with Gasteiger partial charge in [0.2, 0.25) is 0 Å². The predicted octanol–water partition coefficient (Wildman–Crippen LogP) is -7.42. The van der Waals surface area contributed by atoms with Crippen LogP contribution in [0.3, 0.4) is 0 Å². The fourth-order valence-corrected chi connectivity index (χ4v) is 0. The average molecular weight is 224 g/mol.